The molecule has 0 radical (unpaired) electrons. The maximum Gasteiger partial charge on any atom is 0.251 e. The van der Waals surface area contributed by atoms with E-state index in [9.17, 15) is 4.79 Å². The van der Waals surface area contributed by atoms with Crippen molar-refractivity contribution in [1.82, 2.24) is 14.9 Å². The highest BCUT2D eigenvalue weighted by Crippen LogP contribution is 2.22. The van der Waals surface area contributed by atoms with Crippen molar-refractivity contribution in [2.45, 2.75) is 26.4 Å². The van der Waals surface area contributed by atoms with Crippen molar-refractivity contribution < 1.29 is 14.3 Å². The molecule has 1 N–H and O–H groups in total. The van der Waals surface area contributed by atoms with Gasteiger partial charge in [0.1, 0.15) is 23.9 Å². The summed E-state index contributed by atoms with van der Waals surface area (Å²) in [6.45, 7) is 5.09. The van der Waals surface area contributed by atoms with Crippen molar-refractivity contribution in [1.29, 1.82) is 0 Å². The molecule has 0 saturated heterocycles. The number of hydrogen-bond donors (Lipinski definition) is 1. The molecule has 1 unspecified atom stereocenters. The Kier molecular flexibility index (Phi) is 6.40. The fourth-order valence-corrected chi connectivity index (χ4v) is 3.73. The molecule has 1 atom stereocenters. The van der Waals surface area contributed by atoms with Gasteiger partial charge in [-0.25, -0.2) is 4.98 Å². The molecule has 1 heterocycles. The number of carbonyl (C=O) groups excluding carboxylic acids is 1. The highest BCUT2D eigenvalue weighted by atomic mass is 16.5. The van der Waals surface area contributed by atoms with Crippen molar-refractivity contribution in [2.75, 3.05) is 13.7 Å². The second kappa shape index (κ2) is 9.56. The standard InChI is InChI=1S/C26H27N3O3/c1-18-8-6-11-22(16-18)32-15-14-29-24-13-5-4-12-23(24)28-25(29)19(2)27-26(30)20-9-7-10-21(17-20)31-3/h4-13,16-17,19H,14-15H2,1-3H3,(H,27,30). The highest BCUT2D eigenvalue weighted by Gasteiger charge is 2.19. The smallest absolute Gasteiger partial charge is 0.251 e. The third kappa shape index (κ3) is 4.75. The van der Waals surface area contributed by atoms with Gasteiger partial charge in [0.05, 0.1) is 30.7 Å². The average Bonchev–Trinajstić information content (AvgIpc) is 3.18. The number of hydrogen-bond acceptors (Lipinski definition) is 4. The van der Waals surface area contributed by atoms with Crippen LogP contribution >= 0.6 is 0 Å². The van der Waals surface area contributed by atoms with Crippen LogP contribution in [0.3, 0.4) is 0 Å². The molecular formula is C26H27N3O3. The molecule has 0 bridgehead atoms. The van der Waals surface area contributed by atoms with Gasteiger partial charge in [0.25, 0.3) is 5.91 Å². The molecule has 1 aromatic heterocycles. The van der Waals surface area contributed by atoms with Gasteiger partial charge in [0.2, 0.25) is 0 Å². The molecule has 164 valence electrons. The first-order valence-corrected chi connectivity index (χ1v) is 10.6. The Labute approximate surface area is 187 Å². The van der Waals surface area contributed by atoms with Crippen molar-refractivity contribution in [3.05, 3.63) is 89.7 Å². The number of benzene rings is 3. The Morgan fingerprint density at radius 1 is 1.03 bits per heavy atom. The van der Waals surface area contributed by atoms with Crippen LogP contribution in [0.2, 0.25) is 0 Å². The SMILES string of the molecule is COc1cccc(C(=O)NC(C)c2nc3ccccc3n2CCOc2cccc(C)c2)c1. The van der Waals surface area contributed by atoms with E-state index < -0.39 is 0 Å². The van der Waals surface area contributed by atoms with E-state index in [1.807, 2.05) is 68.4 Å². The zero-order valence-corrected chi connectivity index (χ0v) is 18.5. The molecule has 0 aliphatic carbocycles. The Morgan fingerprint density at radius 3 is 2.62 bits per heavy atom. The van der Waals surface area contributed by atoms with E-state index in [1.54, 1.807) is 25.3 Å². The number of aryl methyl sites for hydroxylation is 1. The molecule has 0 aliphatic rings. The number of ether oxygens (including phenoxy) is 2. The maximum absolute atomic E-state index is 12.8. The van der Waals surface area contributed by atoms with Crippen LogP contribution in [-0.4, -0.2) is 29.2 Å². The summed E-state index contributed by atoms with van der Waals surface area (Å²) in [7, 11) is 1.58. The van der Waals surface area contributed by atoms with Gasteiger partial charge in [-0.1, -0.05) is 30.3 Å². The molecule has 0 aliphatic heterocycles. The molecule has 6 nitrogen and oxygen atoms in total. The van der Waals surface area contributed by atoms with E-state index in [1.165, 1.54) is 0 Å². The second-order valence-corrected chi connectivity index (χ2v) is 7.70. The molecule has 4 aromatic rings. The number of imidazole rings is 1. The van der Waals surface area contributed by atoms with Gasteiger partial charge in [-0.05, 0) is 61.9 Å². The molecule has 32 heavy (non-hydrogen) atoms. The number of amides is 1. The van der Waals surface area contributed by atoms with Crippen LogP contribution in [0.1, 0.15) is 34.7 Å². The first-order valence-electron chi connectivity index (χ1n) is 10.6. The number of methoxy groups -OCH3 is 1. The van der Waals surface area contributed by atoms with Gasteiger partial charge in [0, 0.05) is 5.56 Å². The molecule has 1 amide bonds. The van der Waals surface area contributed by atoms with Crippen LogP contribution in [-0.2, 0) is 6.54 Å². The van der Waals surface area contributed by atoms with E-state index in [0.717, 1.165) is 28.2 Å². The summed E-state index contributed by atoms with van der Waals surface area (Å²) in [5, 5.41) is 3.06. The number of carbonyl (C=O) groups is 1. The van der Waals surface area contributed by atoms with Gasteiger partial charge in [-0.15, -0.1) is 0 Å². The predicted molar refractivity (Wildman–Crippen MR) is 125 cm³/mol. The van der Waals surface area contributed by atoms with Crippen LogP contribution < -0.4 is 14.8 Å². The lowest BCUT2D eigenvalue weighted by Crippen LogP contribution is -2.29. The summed E-state index contributed by atoms with van der Waals surface area (Å²) in [6, 6.07) is 22.8. The van der Waals surface area contributed by atoms with Gasteiger partial charge in [0.15, 0.2) is 0 Å². The Bertz CT molecular complexity index is 1230. The minimum atomic E-state index is -0.292. The van der Waals surface area contributed by atoms with Crippen LogP contribution in [0, 0.1) is 6.92 Å². The van der Waals surface area contributed by atoms with Crippen LogP contribution in [0.4, 0.5) is 0 Å². The number of fused-ring (bicyclic) bond motifs is 1. The zero-order chi connectivity index (χ0) is 22.5. The Balaban J connectivity index is 1.54. The summed E-state index contributed by atoms with van der Waals surface area (Å²) in [4.78, 5) is 17.6. The van der Waals surface area contributed by atoms with Crippen molar-refractivity contribution in [3.8, 4) is 11.5 Å². The van der Waals surface area contributed by atoms with E-state index in [-0.39, 0.29) is 11.9 Å². The average molecular weight is 430 g/mol. The normalized spacial score (nSPS) is 11.8. The first-order chi connectivity index (χ1) is 15.5. The Hall–Kier alpha value is -3.80. The van der Waals surface area contributed by atoms with E-state index >= 15 is 0 Å². The fourth-order valence-electron chi connectivity index (χ4n) is 3.73. The quantitative estimate of drug-likeness (QED) is 0.432. The molecule has 3 aromatic carbocycles. The van der Waals surface area contributed by atoms with Gasteiger partial charge < -0.3 is 19.4 Å². The van der Waals surface area contributed by atoms with Crippen molar-refractivity contribution in [3.63, 3.8) is 0 Å². The lowest BCUT2D eigenvalue weighted by molar-refractivity contribution is 0.0937. The number of aromatic nitrogens is 2. The Morgan fingerprint density at radius 2 is 1.81 bits per heavy atom. The molecular weight excluding hydrogens is 402 g/mol. The molecule has 4 rings (SSSR count). The number of rotatable bonds is 8. The van der Waals surface area contributed by atoms with Crippen LogP contribution in [0.25, 0.3) is 11.0 Å². The summed E-state index contributed by atoms with van der Waals surface area (Å²) in [5.74, 6) is 2.10. The molecule has 0 fully saturated rings. The molecule has 6 heteroatoms. The van der Waals surface area contributed by atoms with E-state index in [4.69, 9.17) is 14.5 Å². The van der Waals surface area contributed by atoms with Gasteiger partial charge >= 0.3 is 0 Å². The lowest BCUT2D eigenvalue weighted by Gasteiger charge is -2.17. The summed E-state index contributed by atoms with van der Waals surface area (Å²) in [6.07, 6.45) is 0. The zero-order valence-electron chi connectivity index (χ0n) is 18.5. The van der Waals surface area contributed by atoms with Gasteiger partial charge in [-0.3, -0.25) is 4.79 Å². The number of nitrogens with zero attached hydrogens (tertiary/aromatic N) is 2. The summed E-state index contributed by atoms with van der Waals surface area (Å²) in [5.41, 5.74) is 3.60. The topological polar surface area (TPSA) is 65.4 Å². The third-order valence-electron chi connectivity index (χ3n) is 5.32. The van der Waals surface area contributed by atoms with Crippen molar-refractivity contribution >= 4 is 16.9 Å². The minimum Gasteiger partial charge on any atom is -0.497 e. The third-order valence-corrected chi connectivity index (χ3v) is 5.32. The number of para-hydroxylation sites is 2. The highest BCUT2D eigenvalue weighted by molar-refractivity contribution is 5.94. The first kappa shape index (κ1) is 21.4. The summed E-state index contributed by atoms with van der Waals surface area (Å²) >= 11 is 0. The van der Waals surface area contributed by atoms with Crippen LogP contribution in [0.15, 0.2) is 72.8 Å². The second-order valence-electron chi connectivity index (χ2n) is 7.70. The fraction of sp³-hybridized carbons (Fsp3) is 0.231. The van der Waals surface area contributed by atoms with Crippen LogP contribution in [0.5, 0.6) is 11.5 Å². The largest absolute Gasteiger partial charge is 0.497 e. The minimum absolute atomic E-state index is 0.175. The predicted octanol–water partition coefficient (Wildman–Crippen LogP) is 4.92. The van der Waals surface area contributed by atoms with Crippen molar-refractivity contribution in [2.24, 2.45) is 0 Å². The summed E-state index contributed by atoms with van der Waals surface area (Å²) < 4.78 is 13.3. The maximum atomic E-state index is 12.8. The molecule has 0 spiro atoms. The molecule has 0 saturated carbocycles. The monoisotopic (exact) mass is 429 g/mol. The van der Waals surface area contributed by atoms with E-state index in [0.29, 0.717) is 24.5 Å². The van der Waals surface area contributed by atoms with Gasteiger partial charge in [-0.2, -0.15) is 0 Å². The lowest BCUT2D eigenvalue weighted by atomic mass is 10.2. The number of nitrogens with one attached hydrogen (secondary N) is 1. The van der Waals surface area contributed by atoms with E-state index in [2.05, 4.69) is 9.88 Å².